The average Bonchev–Trinajstić information content (AvgIpc) is 2.38. The van der Waals surface area contributed by atoms with Crippen molar-refractivity contribution in [2.75, 3.05) is 13.6 Å². The molecular weight excluding hydrogens is 226 g/mol. The third kappa shape index (κ3) is 3.99. The molecule has 1 aliphatic rings. The summed E-state index contributed by atoms with van der Waals surface area (Å²) in [6.45, 7) is 5.07. The van der Waals surface area contributed by atoms with Gasteiger partial charge >= 0.3 is 0 Å². The molecule has 1 saturated carbocycles. The molecule has 1 rings (SSSR count). The molecule has 18 heavy (non-hydrogen) atoms. The first-order chi connectivity index (χ1) is 8.53. The fraction of sp³-hybridized carbons (Fsp3) is 0.857. The molecule has 1 amide bonds. The van der Waals surface area contributed by atoms with Crippen molar-refractivity contribution in [3.05, 3.63) is 0 Å². The van der Waals surface area contributed by atoms with Gasteiger partial charge in [0.1, 0.15) is 5.54 Å². The van der Waals surface area contributed by atoms with Crippen molar-refractivity contribution in [2.45, 2.75) is 51.5 Å². The summed E-state index contributed by atoms with van der Waals surface area (Å²) in [5.74, 6) is 0.873. The molecule has 4 nitrogen and oxygen atoms in total. The van der Waals surface area contributed by atoms with E-state index in [1.54, 1.807) is 0 Å². The highest BCUT2D eigenvalue weighted by Gasteiger charge is 2.36. The van der Waals surface area contributed by atoms with E-state index in [1.807, 2.05) is 7.05 Å². The normalized spacial score (nSPS) is 27.8. The summed E-state index contributed by atoms with van der Waals surface area (Å²) in [7, 11) is 1.83. The number of rotatable bonds is 5. The van der Waals surface area contributed by atoms with Crippen molar-refractivity contribution in [3.63, 3.8) is 0 Å². The molecule has 1 aliphatic carbocycles. The molecule has 0 radical (unpaired) electrons. The Labute approximate surface area is 110 Å². The molecule has 4 heteroatoms. The molecule has 0 bridgehead atoms. The maximum Gasteiger partial charge on any atom is 0.223 e. The zero-order valence-corrected chi connectivity index (χ0v) is 11.8. The van der Waals surface area contributed by atoms with Crippen LogP contribution in [0.3, 0.4) is 0 Å². The third-order valence-electron chi connectivity index (χ3n) is 3.92. The van der Waals surface area contributed by atoms with Crippen LogP contribution in [0.4, 0.5) is 0 Å². The minimum absolute atomic E-state index is 0.0898. The lowest BCUT2D eigenvalue weighted by Crippen LogP contribution is -2.46. The van der Waals surface area contributed by atoms with Crippen molar-refractivity contribution in [1.29, 1.82) is 5.26 Å². The van der Waals surface area contributed by atoms with Crippen molar-refractivity contribution < 1.29 is 4.79 Å². The molecule has 0 unspecified atom stereocenters. The molecule has 0 aromatic heterocycles. The molecule has 1 fully saturated rings. The highest BCUT2D eigenvalue weighted by atomic mass is 16.1. The summed E-state index contributed by atoms with van der Waals surface area (Å²) in [5, 5.41) is 15.3. The highest BCUT2D eigenvalue weighted by molar-refractivity contribution is 5.78. The van der Waals surface area contributed by atoms with Gasteiger partial charge < -0.3 is 10.6 Å². The summed E-state index contributed by atoms with van der Waals surface area (Å²) >= 11 is 0. The Morgan fingerprint density at radius 2 is 2.06 bits per heavy atom. The molecule has 0 spiro atoms. The first-order valence-electron chi connectivity index (χ1n) is 6.91. The van der Waals surface area contributed by atoms with Gasteiger partial charge in [-0.3, -0.25) is 4.79 Å². The number of nitrogens with one attached hydrogen (secondary N) is 2. The summed E-state index contributed by atoms with van der Waals surface area (Å²) in [5.41, 5.74) is -0.408. The molecule has 0 atom stereocenters. The van der Waals surface area contributed by atoms with Crippen LogP contribution in [0.5, 0.6) is 0 Å². The Kier molecular flexibility index (Phi) is 5.61. The predicted octanol–water partition coefficient (Wildman–Crippen LogP) is 1.82. The smallest absolute Gasteiger partial charge is 0.223 e. The van der Waals surface area contributed by atoms with E-state index in [2.05, 4.69) is 30.6 Å². The molecule has 0 aliphatic heterocycles. The number of nitrogens with zero attached hydrogens (tertiary/aromatic N) is 1. The van der Waals surface area contributed by atoms with Crippen molar-refractivity contribution >= 4 is 5.91 Å². The number of amides is 1. The van der Waals surface area contributed by atoms with Crippen LogP contribution < -0.4 is 10.6 Å². The highest BCUT2D eigenvalue weighted by Crippen LogP contribution is 2.31. The summed E-state index contributed by atoms with van der Waals surface area (Å²) < 4.78 is 0. The van der Waals surface area contributed by atoms with Crippen LogP contribution in [0.25, 0.3) is 0 Å². The van der Waals surface area contributed by atoms with Crippen LogP contribution in [-0.2, 0) is 4.79 Å². The number of carbonyl (C=O) groups excluding carboxylic acids is 1. The van der Waals surface area contributed by atoms with E-state index in [1.165, 1.54) is 0 Å². The van der Waals surface area contributed by atoms with Gasteiger partial charge in [-0.15, -0.1) is 0 Å². The molecule has 0 aromatic rings. The van der Waals surface area contributed by atoms with E-state index in [-0.39, 0.29) is 11.8 Å². The fourth-order valence-electron chi connectivity index (χ4n) is 2.42. The maximum absolute atomic E-state index is 12.0. The van der Waals surface area contributed by atoms with E-state index in [4.69, 9.17) is 5.26 Å². The van der Waals surface area contributed by atoms with Gasteiger partial charge in [-0.2, -0.15) is 5.26 Å². The van der Waals surface area contributed by atoms with Crippen LogP contribution >= 0.6 is 0 Å². The van der Waals surface area contributed by atoms with Crippen LogP contribution in [0.2, 0.25) is 0 Å². The number of carbonyl (C=O) groups is 1. The molecule has 2 N–H and O–H groups in total. The van der Waals surface area contributed by atoms with Crippen LogP contribution in [-0.4, -0.2) is 25.0 Å². The second-order valence-electron chi connectivity index (χ2n) is 5.69. The second-order valence-corrected chi connectivity index (χ2v) is 5.69. The van der Waals surface area contributed by atoms with E-state index in [0.29, 0.717) is 5.92 Å². The molecular formula is C14H25N3O. The summed E-state index contributed by atoms with van der Waals surface area (Å²) in [4.78, 5) is 12.0. The van der Waals surface area contributed by atoms with Crippen molar-refractivity contribution in [3.8, 4) is 6.07 Å². The first kappa shape index (κ1) is 15.0. The number of hydrogen-bond donors (Lipinski definition) is 2. The summed E-state index contributed by atoms with van der Waals surface area (Å²) in [6, 6.07) is 2.34. The van der Waals surface area contributed by atoms with Gasteiger partial charge in [0.2, 0.25) is 5.91 Å². The third-order valence-corrected chi connectivity index (χ3v) is 3.92. The minimum atomic E-state index is -0.408. The van der Waals surface area contributed by atoms with Gasteiger partial charge in [-0.1, -0.05) is 13.8 Å². The van der Waals surface area contributed by atoms with Crippen molar-refractivity contribution in [2.24, 2.45) is 11.8 Å². The summed E-state index contributed by atoms with van der Waals surface area (Å²) in [6.07, 6.45) is 4.17. The minimum Gasteiger partial charge on any atom is -0.356 e. The quantitative estimate of drug-likeness (QED) is 0.783. The Bertz CT molecular complexity index is 311. The second kappa shape index (κ2) is 6.75. The van der Waals surface area contributed by atoms with Crippen LogP contribution in [0.1, 0.15) is 46.0 Å². The number of nitriles is 1. The van der Waals surface area contributed by atoms with Crippen LogP contribution in [0, 0.1) is 23.2 Å². The average molecular weight is 251 g/mol. The van der Waals surface area contributed by atoms with Gasteiger partial charge in [-0.25, -0.2) is 0 Å². The first-order valence-corrected chi connectivity index (χ1v) is 6.91. The van der Waals surface area contributed by atoms with Gasteiger partial charge in [0.05, 0.1) is 6.07 Å². The fourth-order valence-corrected chi connectivity index (χ4v) is 2.42. The van der Waals surface area contributed by atoms with Gasteiger partial charge in [-0.05, 0) is 45.1 Å². The predicted molar refractivity (Wildman–Crippen MR) is 71.8 cm³/mol. The van der Waals surface area contributed by atoms with Gasteiger partial charge in [0.15, 0.2) is 0 Å². The molecule has 0 aromatic carbocycles. The molecule has 102 valence electrons. The van der Waals surface area contributed by atoms with E-state index in [9.17, 15) is 4.79 Å². The van der Waals surface area contributed by atoms with E-state index < -0.39 is 5.54 Å². The number of hydrogen-bond acceptors (Lipinski definition) is 3. The van der Waals surface area contributed by atoms with Crippen LogP contribution in [0.15, 0.2) is 0 Å². The topological polar surface area (TPSA) is 64.9 Å². The maximum atomic E-state index is 12.0. The monoisotopic (exact) mass is 251 g/mol. The SMILES string of the molecule is CNC1(C#N)CCC(C(=O)NCCC(C)C)CC1. The van der Waals surface area contributed by atoms with Crippen molar-refractivity contribution in [1.82, 2.24) is 10.6 Å². The zero-order valence-electron chi connectivity index (χ0n) is 11.8. The van der Waals surface area contributed by atoms with Gasteiger partial charge in [0.25, 0.3) is 0 Å². The molecule has 0 saturated heterocycles. The Morgan fingerprint density at radius 1 is 1.44 bits per heavy atom. The Balaban J connectivity index is 2.34. The lowest BCUT2D eigenvalue weighted by molar-refractivity contribution is -0.126. The van der Waals surface area contributed by atoms with Gasteiger partial charge in [0, 0.05) is 12.5 Å². The largest absolute Gasteiger partial charge is 0.356 e. The lowest BCUT2D eigenvalue weighted by Gasteiger charge is -2.34. The van der Waals surface area contributed by atoms with E-state index in [0.717, 1.165) is 38.6 Å². The molecule has 0 heterocycles. The Hall–Kier alpha value is -1.08. The lowest BCUT2D eigenvalue weighted by atomic mass is 9.77. The zero-order chi connectivity index (χ0) is 13.6. The standard InChI is InChI=1S/C14H25N3O/c1-11(2)6-9-17-13(18)12-4-7-14(10-15,16-3)8-5-12/h11-12,16H,4-9H2,1-3H3,(H,17,18). The van der Waals surface area contributed by atoms with E-state index >= 15 is 0 Å². The Morgan fingerprint density at radius 3 is 2.50 bits per heavy atom.